The normalized spacial score (nSPS) is 27.6. The van der Waals surface area contributed by atoms with Gasteiger partial charge in [-0.2, -0.15) is 0 Å². The largest absolute Gasteiger partial charge is 0.492 e. The SMILES string of the molecule is CCOC(=O)[C@H](Cc1ccc(OCCNC(=O)CC2O[C@@H](O[C@@H]3C(NC(C)=O)[C@H](OC)OC(CO)[C@H]3O)C(O)[C@@H](OC)[C@@H]2O)cc1)NC(=O)CCCCCN=[N+]=[N-]. The van der Waals surface area contributed by atoms with Gasteiger partial charge in [0, 0.05) is 45.4 Å². The van der Waals surface area contributed by atoms with Crippen LogP contribution in [0.5, 0.6) is 5.75 Å². The van der Waals surface area contributed by atoms with Crippen LogP contribution in [0.3, 0.4) is 0 Å². The van der Waals surface area contributed by atoms with Crippen LogP contribution in [0, 0.1) is 0 Å². The summed E-state index contributed by atoms with van der Waals surface area (Å²) in [6.45, 7) is 2.92. The quantitative estimate of drug-likeness (QED) is 0.0232. The second-order valence-corrected chi connectivity index (χ2v) is 13.4. The molecule has 3 amide bonds. The van der Waals surface area contributed by atoms with Crippen molar-refractivity contribution >= 4 is 23.7 Å². The van der Waals surface area contributed by atoms with E-state index in [1.807, 2.05) is 0 Å². The van der Waals surface area contributed by atoms with E-state index < -0.39 is 91.8 Å². The van der Waals surface area contributed by atoms with Crippen LogP contribution < -0.4 is 20.7 Å². The number of methoxy groups -OCH3 is 2. The fraction of sp³-hybridized carbons (Fsp3) is 0.722. The van der Waals surface area contributed by atoms with E-state index in [-0.39, 0.29) is 44.9 Å². The minimum atomic E-state index is -1.60. The summed E-state index contributed by atoms with van der Waals surface area (Å²) in [6, 6.07) is 4.83. The van der Waals surface area contributed by atoms with E-state index in [4.69, 9.17) is 38.7 Å². The highest BCUT2D eigenvalue weighted by atomic mass is 16.7. The Kier molecular flexibility index (Phi) is 20.4. The first-order valence-electron chi connectivity index (χ1n) is 18.8. The average molecular weight is 813 g/mol. The van der Waals surface area contributed by atoms with Crippen molar-refractivity contribution in [1.82, 2.24) is 16.0 Å². The Bertz CT molecular complexity index is 1470. The molecule has 2 heterocycles. The van der Waals surface area contributed by atoms with Crippen molar-refractivity contribution in [3.05, 3.63) is 40.3 Å². The monoisotopic (exact) mass is 812 g/mol. The molecule has 0 aromatic heterocycles. The zero-order chi connectivity index (χ0) is 41.9. The molecule has 0 radical (unpaired) electrons. The van der Waals surface area contributed by atoms with Crippen LogP contribution in [-0.4, -0.2) is 159 Å². The Morgan fingerprint density at radius 3 is 2.26 bits per heavy atom. The highest BCUT2D eigenvalue weighted by Gasteiger charge is 2.52. The zero-order valence-corrected chi connectivity index (χ0v) is 32.6. The molecule has 1 aromatic rings. The first-order chi connectivity index (χ1) is 27.4. The fourth-order valence-corrected chi connectivity index (χ4v) is 6.40. The topological polar surface area (TPSA) is 299 Å². The van der Waals surface area contributed by atoms with Gasteiger partial charge in [0.05, 0.1) is 32.3 Å². The number of amides is 3. The molecule has 0 saturated carbocycles. The first-order valence-corrected chi connectivity index (χ1v) is 18.8. The molecule has 7 N–H and O–H groups in total. The highest BCUT2D eigenvalue weighted by molar-refractivity contribution is 5.84. The highest BCUT2D eigenvalue weighted by Crippen LogP contribution is 2.31. The van der Waals surface area contributed by atoms with Crippen LogP contribution in [0.2, 0.25) is 0 Å². The van der Waals surface area contributed by atoms with E-state index in [2.05, 4.69) is 26.0 Å². The lowest BCUT2D eigenvalue weighted by Crippen LogP contribution is -2.68. The number of hydrogen-bond donors (Lipinski definition) is 7. The summed E-state index contributed by atoms with van der Waals surface area (Å²) in [4.78, 5) is 52.7. The van der Waals surface area contributed by atoms with Gasteiger partial charge in [-0.05, 0) is 43.0 Å². The lowest BCUT2D eigenvalue weighted by atomic mass is 9.94. The van der Waals surface area contributed by atoms with Crippen LogP contribution in [0.15, 0.2) is 29.4 Å². The number of nitrogens with one attached hydrogen (secondary N) is 3. The van der Waals surface area contributed by atoms with Crippen molar-refractivity contribution in [2.75, 3.05) is 47.1 Å². The van der Waals surface area contributed by atoms with Gasteiger partial charge in [0.2, 0.25) is 17.7 Å². The minimum Gasteiger partial charge on any atom is -0.492 e. The lowest BCUT2D eigenvalue weighted by Gasteiger charge is -2.47. The number of carbonyl (C=O) groups excluding carboxylic acids is 4. The number of hydrogen-bond acceptors (Lipinski definition) is 16. The van der Waals surface area contributed by atoms with Crippen LogP contribution >= 0.6 is 0 Å². The van der Waals surface area contributed by atoms with Gasteiger partial charge in [0.25, 0.3) is 0 Å². The van der Waals surface area contributed by atoms with Crippen LogP contribution in [-0.2, 0) is 54.0 Å². The second-order valence-electron chi connectivity index (χ2n) is 13.4. The first kappa shape index (κ1) is 47.2. The van der Waals surface area contributed by atoms with E-state index in [0.717, 1.165) is 5.56 Å². The third-order valence-electron chi connectivity index (χ3n) is 9.24. The predicted molar refractivity (Wildman–Crippen MR) is 197 cm³/mol. The molecule has 0 spiro atoms. The Morgan fingerprint density at radius 1 is 0.930 bits per heavy atom. The Balaban J connectivity index is 1.52. The van der Waals surface area contributed by atoms with E-state index in [9.17, 15) is 39.6 Å². The number of carbonyl (C=O) groups is 4. The minimum absolute atomic E-state index is 0.0630. The Labute approximate surface area is 330 Å². The lowest BCUT2D eigenvalue weighted by molar-refractivity contribution is -0.342. The van der Waals surface area contributed by atoms with Gasteiger partial charge < -0.3 is 69.5 Å². The van der Waals surface area contributed by atoms with Gasteiger partial charge in [-0.1, -0.05) is 23.7 Å². The molecule has 3 rings (SSSR count). The van der Waals surface area contributed by atoms with Crippen molar-refractivity contribution in [3.8, 4) is 5.75 Å². The third kappa shape index (κ3) is 14.6. The number of benzene rings is 1. The van der Waals surface area contributed by atoms with Gasteiger partial charge in [0.15, 0.2) is 12.6 Å². The number of azide groups is 1. The van der Waals surface area contributed by atoms with Crippen molar-refractivity contribution in [2.24, 2.45) is 5.11 Å². The molecule has 11 atom stereocenters. The molecule has 2 saturated heterocycles. The number of unbranched alkanes of at least 4 members (excludes halogenated alkanes) is 2. The van der Waals surface area contributed by atoms with Crippen molar-refractivity contribution in [1.29, 1.82) is 0 Å². The van der Waals surface area contributed by atoms with Gasteiger partial charge in [-0.3, -0.25) is 14.4 Å². The summed E-state index contributed by atoms with van der Waals surface area (Å²) in [5, 5.41) is 54.0. The van der Waals surface area contributed by atoms with E-state index in [0.29, 0.717) is 31.6 Å². The van der Waals surface area contributed by atoms with Crippen LogP contribution in [0.1, 0.15) is 51.5 Å². The fourth-order valence-electron chi connectivity index (χ4n) is 6.40. The van der Waals surface area contributed by atoms with Crippen LogP contribution in [0.25, 0.3) is 10.4 Å². The number of rotatable bonds is 23. The molecule has 21 heteroatoms. The van der Waals surface area contributed by atoms with E-state index in [1.54, 1.807) is 31.2 Å². The second kappa shape index (κ2) is 24.6. The molecular weight excluding hydrogens is 756 g/mol. The Hall–Kier alpha value is -4.15. The summed E-state index contributed by atoms with van der Waals surface area (Å²) < 4.78 is 38.8. The van der Waals surface area contributed by atoms with Crippen molar-refractivity contribution < 1.29 is 72.8 Å². The molecule has 2 aliphatic heterocycles. The average Bonchev–Trinajstić information content (AvgIpc) is 3.18. The van der Waals surface area contributed by atoms with E-state index in [1.165, 1.54) is 21.1 Å². The summed E-state index contributed by atoms with van der Waals surface area (Å²) in [7, 11) is 2.53. The molecule has 1 aromatic carbocycles. The molecule has 2 fully saturated rings. The third-order valence-corrected chi connectivity index (χ3v) is 9.24. The maximum Gasteiger partial charge on any atom is 0.328 e. The molecular formula is C36H56N6O15. The maximum absolute atomic E-state index is 12.9. The van der Waals surface area contributed by atoms with Gasteiger partial charge >= 0.3 is 5.97 Å². The van der Waals surface area contributed by atoms with Gasteiger partial charge in [-0.25, -0.2) is 4.79 Å². The molecule has 0 aliphatic carbocycles. The molecule has 57 heavy (non-hydrogen) atoms. The molecule has 2 aliphatic rings. The summed E-state index contributed by atoms with van der Waals surface area (Å²) in [5.74, 6) is -1.42. The van der Waals surface area contributed by atoms with Gasteiger partial charge in [-0.15, -0.1) is 0 Å². The van der Waals surface area contributed by atoms with Crippen molar-refractivity contribution in [2.45, 2.75) is 120 Å². The molecule has 320 valence electrons. The standard InChI is InChI=1S/C36H56N6O15/c1-5-53-34(50)23(41-26(45)9-7-6-8-14-39-42-37)17-21-10-12-22(13-11-21)54-16-15-38-27(46)18-24-29(47)33(51-3)31(49)36(55-24)57-32-28(40-20(2)44)35(52-4)56-25(19-43)30(32)48/h10-13,23-25,28-33,35-36,43,47-49H,5-9,14-19H2,1-4H3,(H,38,46)(H,40,44)(H,41,45)/t23-,24?,25?,28?,29+,30+,31?,32+,33-,35+,36-/m0/s1. The zero-order valence-electron chi connectivity index (χ0n) is 32.6. The molecule has 4 unspecified atom stereocenters. The number of aliphatic hydroxyl groups excluding tert-OH is 4. The van der Waals surface area contributed by atoms with E-state index >= 15 is 0 Å². The summed E-state index contributed by atoms with van der Waals surface area (Å²) in [6.07, 6.45) is -10.4. The van der Waals surface area contributed by atoms with Gasteiger partial charge in [0.1, 0.15) is 61.1 Å². The smallest absolute Gasteiger partial charge is 0.328 e. The number of ether oxygens (including phenoxy) is 7. The number of nitrogens with zero attached hydrogens (tertiary/aromatic N) is 3. The summed E-state index contributed by atoms with van der Waals surface area (Å²) >= 11 is 0. The predicted octanol–water partition coefficient (Wildman–Crippen LogP) is -0.891. The van der Waals surface area contributed by atoms with Crippen molar-refractivity contribution in [3.63, 3.8) is 0 Å². The molecule has 0 bridgehead atoms. The Morgan fingerprint density at radius 2 is 1.63 bits per heavy atom. The van der Waals surface area contributed by atoms with Crippen LogP contribution in [0.4, 0.5) is 0 Å². The maximum atomic E-state index is 12.9. The number of aliphatic hydroxyl groups is 4. The number of esters is 1. The summed E-state index contributed by atoms with van der Waals surface area (Å²) in [5.41, 5.74) is 9.09. The molecule has 21 nitrogen and oxygen atoms in total.